The minimum atomic E-state index is 0.949. The lowest BCUT2D eigenvalue weighted by molar-refractivity contribution is 0.264. The summed E-state index contributed by atoms with van der Waals surface area (Å²) in [5, 5.41) is 3.60. The zero-order valence-corrected chi connectivity index (χ0v) is 18.0. The van der Waals surface area contributed by atoms with Crippen LogP contribution in [0.25, 0.3) is 11.1 Å². The van der Waals surface area contributed by atoms with Crippen molar-refractivity contribution in [3.05, 3.63) is 60.2 Å². The number of unbranched alkanes of at least 4 members (excludes halogenated alkanes) is 2. The summed E-state index contributed by atoms with van der Waals surface area (Å²) >= 11 is 0. The molecule has 0 heterocycles. The first-order chi connectivity index (χ1) is 13.3. The van der Waals surface area contributed by atoms with Gasteiger partial charge >= 0.3 is 0 Å². The molecular formula is C25H40N2. The van der Waals surface area contributed by atoms with Gasteiger partial charge in [0.2, 0.25) is 0 Å². The third-order valence-corrected chi connectivity index (χ3v) is 4.65. The summed E-state index contributed by atoms with van der Waals surface area (Å²) in [4.78, 5) is 2.61. The molecule has 0 bridgehead atoms. The number of nitrogens with zero attached hydrogens (tertiary/aromatic N) is 1. The van der Waals surface area contributed by atoms with Gasteiger partial charge < -0.3 is 10.2 Å². The van der Waals surface area contributed by atoms with E-state index < -0.39 is 0 Å². The Bertz CT molecular complexity index is 555. The molecule has 27 heavy (non-hydrogen) atoms. The van der Waals surface area contributed by atoms with Gasteiger partial charge in [0.1, 0.15) is 0 Å². The molecular weight excluding hydrogens is 328 g/mol. The average Bonchev–Trinajstić information content (AvgIpc) is 2.75. The van der Waals surface area contributed by atoms with E-state index in [1.165, 1.54) is 55.5 Å². The van der Waals surface area contributed by atoms with E-state index in [1.807, 2.05) is 13.8 Å². The number of benzene rings is 2. The molecule has 1 N–H and O–H groups in total. The molecule has 2 aromatic rings. The lowest BCUT2D eigenvalue weighted by Crippen LogP contribution is -2.33. The Morgan fingerprint density at radius 2 is 1.26 bits per heavy atom. The summed E-state index contributed by atoms with van der Waals surface area (Å²) in [7, 11) is 0. The van der Waals surface area contributed by atoms with Gasteiger partial charge in [0.05, 0.1) is 0 Å². The van der Waals surface area contributed by atoms with E-state index in [-0.39, 0.29) is 0 Å². The second-order valence-electron chi connectivity index (χ2n) is 6.79. The molecule has 0 aromatic heterocycles. The van der Waals surface area contributed by atoms with E-state index in [9.17, 15) is 0 Å². The minimum absolute atomic E-state index is 0.949. The second kappa shape index (κ2) is 15.4. The van der Waals surface area contributed by atoms with Gasteiger partial charge in [-0.15, -0.1) is 0 Å². The molecule has 0 fully saturated rings. The maximum atomic E-state index is 3.60. The lowest BCUT2D eigenvalue weighted by atomic mass is 10.0. The molecule has 0 atom stereocenters. The molecule has 2 rings (SSSR count). The molecule has 0 aliphatic carbocycles. The van der Waals surface area contributed by atoms with Gasteiger partial charge in [0, 0.05) is 19.6 Å². The van der Waals surface area contributed by atoms with Crippen LogP contribution >= 0.6 is 0 Å². The fourth-order valence-corrected chi connectivity index (χ4v) is 3.01. The summed E-state index contributed by atoms with van der Waals surface area (Å²) in [6.07, 6.45) is 5.18. The van der Waals surface area contributed by atoms with Crippen LogP contribution in [-0.2, 0) is 6.54 Å². The van der Waals surface area contributed by atoms with Gasteiger partial charge in [-0.1, -0.05) is 95.1 Å². The zero-order chi connectivity index (χ0) is 19.7. The molecule has 0 spiro atoms. The molecule has 2 aromatic carbocycles. The van der Waals surface area contributed by atoms with Crippen molar-refractivity contribution in [1.82, 2.24) is 10.2 Å². The van der Waals surface area contributed by atoms with Gasteiger partial charge in [-0.25, -0.2) is 0 Å². The first-order valence-corrected chi connectivity index (χ1v) is 10.9. The quantitative estimate of drug-likeness (QED) is 0.438. The summed E-state index contributed by atoms with van der Waals surface area (Å²) in [6, 6.07) is 19.5. The van der Waals surface area contributed by atoms with Crippen LogP contribution in [0.1, 0.15) is 58.9 Å². The van der Waals surface area contributed by atoms with Crippen molar-refractivity contribution < 1.29 is 0 Å². The van der Waals surface area contributed by atoms with Crippen LogP contribution < -0.4 is 5.32 Å². The predicted octanol–water partition coefficient (Wildman–Crippen LogP) is 6.37. The predicted molar refractivity (Wildman–Crippen MR) is 121 cm³/mol. The van der Waals surface area contributed by atoms with Crippen molar-refractivity contribution in [2.24, 2.45) is 0 Å². The van der Waals surface area contributed by atoms with Gasteiger partial charge in [-0.05, 0) is 42.6 Å². The van der Waals surface area contributed by atoms with Crippen LogP contribution in [0.4, 0.5) is 0 Å². The third-order valence-electron chi connectivity index (χ3n) is 4.65. The van der Waals surface area contributed by atoms with Crippen LogP contribution in [0, 0.1) is 0 Å². The Hall–Kier alpha value is -1.64. The van der Waals surface area contributed by atoms with Gasteiger partial charge in [0.25, 0.3) is 0 Å². The summed E-state index contributed by atoms with van der Waals surface area (Å²) < 4.78 is 0. The minimum Gasteiger partial charge on any atom is -0.311 e. The molecule has 0 amide bonds. The Morgan fingerprint density at radius 3 is 1.81 bits per heavy atom. The normalized spacial score (nSPS) is 10.6. The van der Waals surface area contributed by atoms with Crippen molar-refractivity contribution in [2.75, 3.05) is 26.2 Å². The maximum absolute atomic E-state index is 3.60. The fraction of sp³-hybridized carbons (Fsp3) is 0.520. The highest BCUT2D eigenvalue weighted by molar-refractivity contribution is 5.63. The molecule has 0 radical (unpaired) electrons. The molecule has 0 aliphatic heterocycles. The first-order valence-electron chi connectivity index (χ1n) is 10.9. The maximum Gasteiger partial charge on any atom is 0.0206 e. The molecule has 150 valence electrons. The van der Waals surface area contributed by atoms with E-state index in [1.54, 1.807) is 0 Å². The van der Waals surface area contributed by atoms with Crippen LogP contribution in [0.3, 0.4) is 0 Å². The number of nitrogens with one attached hydrogen (secondary N) is 1. The zero-order valence-electron chi connectivity index (χ0n) is 18.0. The number of hydrogen-bond donors (Lipinski definition) is 1. The van der Waals surface area contributed by atoms with E-state index in [4.69, 9.17) is 0 Å². The van der Waals surface area contributed by atoms with Crippen LogP contribution in [0.15, 0.2) is 54.6 Å². The molecule has 0 aliphatic rings. The van der Waals surface area contributed by atoms with E-state index in [0.717, 1.165) is 19.6 Å². The standard InChI is InChI=1S/C23H34N2.C2H6/c1-3-5-17-25(18-6-4-2)19-16-24-20-21-12-14-23(15-13-21)22-10-8-7-9-11-22;1-2/h7-15,24H,3-6,16-20H2,1-2H3;1-2H3. The Morgan fingerprint density at radius 1 is 0.704 bits per heavy atom. The van der Waals surface area contributed by atoms with Crippen molar-refractivity contribution >= 4 is 0 Å². The van der Waals surface area contributed by atoms with E-state index >= 15 is 0 Å². The SMILES string of the molecule is CC.CCCCN(CCCC)CCNCc1ccc(-c2ccccc2)cc1. The van der Waals surface area contributed by atoms with Crippen molar-refractivity contribution in [3.8, 4) is 11.1 Å². The molecule has 0 saturated heterocycles. The second-order valence-corrected chi connectivity index (χ2v) is 6.79. The van der Waals surface area contributed by atoms with E-state index in [0.29, 0.717) is 0 Å². The highest BCUT2D eigenvalue weighted by atomic mass is 15.1. The fourth-order valence-electron chi connectivity index (χ4n) is 3.01. The van der Waals surface area contributed by atoms with Crippen molar-refractivity contribution in [3.63, 3.8) is 0 Å². The van der Waals surface area contributed by atoms with Crippen LogP contribution in [0.2, 0.25) is 0 Å². The van der Waals surface area contributed by atoms with Gasteiger partial charge in [-0.3, -0.25) is 0 Å². The van der Waals surface area contributed by atoms with Gasteiger partial charge in [-0.2, -0.15) is 0 Å². The molecule has 0 saturated carbocycles. The number of rotatable bonds is 12. The Labute approximate surface area is 168 Å². The van der Waals surface area contributed by atoms with Crippen molar-refractivity contribution in [1.29, 1.82) is 0 Å². The first kappa shape index (κ1) is 23.4. The summed E-state index contributed by atoms with van der Waals surface area (Å²) in [5.74, 6) is 0. The van der Waals surface area contributed by atoms with Crippen LogP contribution in [0.5, 0.6) is 0 Å². The lowest BCUT2D eigenvalue weighted by Gasteiger charge is -2.22. The monoisotopic (exact) mass is 368 g/mol. The topological polar surface area (TPSA) is 15.3 Å². The van der Waals surface area contributed by atoms with Crippen molar-refractivity contribution in [2.45, 2.75) is 59.9 Å². The average molecular weight is 369 g/mol. The highest BCUT2D eigenvalue weighted by Crippen LogP contribution is 2.19. The van der Waals surface area contributed by atoms with E-state index in [2.05, 4.69) is 78.7 Å². The molecule has 2 nitrogen and oxygen atoms in total. The van der Waals surface area contributed by atoms with Crippen LogP contribution in [-0.4, -0.2) is 31.1 Å². The Balaban J connectivity index is 0.00000176. The van der Waals surface area contributed by atoms with Gasteiger partial charge in [0.15, 0.2) is 0 Å². The smallest absolute Gasteiger partial charge is 0.0206 e. The Kier molecular flexibility index (Phi) is 13.4. The highest BCUT2D eigenvalue weighted by Gasteiger charge is 2.03. The molecule has 2 heteroatoms. The molecule has 0 unspecified atom stereocenters. The number of hydrogen-bond acceptors (Lipinski definition) is 2. The largest absolute Gasteiger partial charge is 0.311 e. The summed E-state index contributed by atoms with van der Waals surface area (Å²) in [6.45, 7) is 14.2. The summed E-state index contributed by atoms with van der Waals surface area (Å²) in [5.41, 5.74) is 3.92. The third kappa shape index (κ3) is 9.74.